The first-order chi connectivity index (χ1) is 9.57. The molecule has 1 aliphatic carbocycles. The summed E-state index contributed by atoms with van der Waals surface area (Å²) in [6, 6.07) is 0. The summed E-state index contributed by atoms with van der Waals surface area (Å²) in [4.78, 5) is 2.56. The molecule has 1 atom stereocenters. The monoisotopic (exact) mass is 299 g/mol. The fourth-order valence-electron chi connectivity index (χ4n) is 4.68. The van der Waals surface area contributed by atoms with E-state index < -0.39 is 9.84 Å². The van der Waals surface area contributed by atoms with Crippen LogP contribution < -0.4 is 0 Å². The number of sulfone groups is 1. The molecule has 1 saturated carbocycles. The maximum absolute atomic E-state index is 11.6. The summed E-state index contributed by atoms with van der Waals surface area (Å²) in [5.74, 6) is 1.27. The summed E-state index contributed by atoms with van der Waals surface area (Å²) < 4.78 is 23.1. The lowest BCUT2D eigenvalue weighted by Gasteiger charge is -2.36. The first-order valence-electron chi connectivity index (χ1n) is 8.50. The molecule has 3 fully saturated rings. The van der Waals surface area contributed by atoms with E-state index in [1.165, 1.54) is 64.5 Å². The smallest absolute Gasteiger partial charge is 0.150 e. The summed E-state index contributed by atoms with van der Waals surface area (Å²) in [6.45, 7) is 3.42. The number of rotatable bonds is 2. The highest BCUT2D eigenvalue weighted by atomic mass is 32.2. The average molecular weight is 299 g/mol. The van der Waals surface area contributed by atoms with Gasteiger partial charge in [0.2, 0.25) is 0 Å². The van der Waals surface area contributed by atoms with Crippen LogP contribution >= 0.6 is 0 Å². The Morgan fingerprint density at radius 3 is 2.40 bits per heavy atom. The minimum atomic E-state index is -2.71. The molecule has 3 aliphatic rings. The van der Waals surface area contributed by atoms with Crippen molar-refractivity contribution >= 4 is 9.84 Å². The zero-order valence-corrected chi connectivity index (χ0v) is 13.5. The van der Waals surface area contributed by atoms with E-state index in [-0.39, 0.29) is 0 Å². The Hall–Kier alpha value is -0.0900. The molecule has 0 amide bonds. The van der Waals surface area contributed by atoms with Crippen LogP contribution in [0.5, 0.6) is 0 Å². The normalized spacial score (nSPS) is 34.1. The van der Waals surface area contributed by atoms with Crippen LogP contribution in [0.4, 0.5) is 0 Å². The fraction of sp³-hybridized carbons (Fsp3) is 1.00. The molecule has 0 aromatic rings. The number of hydrogen-bond acceptors (Lipinski definition) is 3. The van der Waals surface area contributed by atoms with Crippen molar-refractivity contribution in [2.45, 2.75) is 57.8 Å². The highest BCUT2D eigenvalue weighted by molar-refractivity contribution is 7.91. The van der Waals surface area contributed by atoms with Crippen molar-refractivity contribution in [3.05, 3.63) is 0 Å². The van der Waals surface area contributed by atoms with Crippen molar-refractivity contribution in [1.29, 1.82) is 0 Å². The van der Waals surface area contributed by atoms with Crippen molar-refractivity contribution in [2.24, 2.45) is 11.3 Å². The Bertz CT molecular complexity index is 426. The Labute approximate surface area is 124 Å². The van der Waals surface area contributed by atoms with Crippen LogP contribution in [0.2, 0.25) is 0 Å². The highest BCUT2D eigenvalue weighted by Gasteiger charge is 2.35. The van der Waals surface area contributed by atoms with Gasteiger partial charge in [-0.15, -0.1) is 0 Å². The second-order valence-corrected chi connectivity index (χ2v) is 9.71. The third-order valence-electron chi connectivity index (χ3n) is 5.90. The van der Waals surface area contributed by atoms with Crippen molar-refractivity contribution in [3.8, 4) is 0 Å². The van der Waals surface area contributed by atoms with Crippen LogP contribution in [0, 0.1) is 11.3 Å². The quantitative estimate of drug-likeness (QED) is 0.787. The predicted octanol–water partition coefficient (Wildman–Crippen LogP) is 2.86. The SMILES string of the molecule is O=S1(=O)CC[C@H](CN2CCCC3(CCCCC3)CC2)C1. The van der Waals surface area contributed by atoms with E-state index in [9.17, 15) is 8.42 Å². The molecule has 2 heterocycles. The van der Waals surface area contributed by atoms with Crippen LogP contribution in [-0.4, -0.2) is 44.5 Å². The van der Waals surface area contributed by atoms with E-state index in [0.717, 1.165) is 13.0 Å². The lowest BCUT2D eigenvalue weighted by Crippen LogP contribution is -2.32. The van der Waals surface area contributed by atoms with E-state index in [2.05, 4.69) is 4.90 Å². The molecule has 1 spiro atoms. The standard InChI is InChI=1S/C16H29NO2S/c18-20(19)12-5-15(14-20)13-17-10-4-8-16(9-11-17)6-2-1-3-7-16/h15H,1-14H2/t15-/m1/s1. The predicted molar refractivity (Wildman–Crippen MR) is 82.6 cm³/mol. The molecule has 20 heavy (non-hydrogen) atoms. The van der Waals surface area contributed by atoms with Crippen LogP contribution in [0.1, 0.15) is 57.8 Å². The van der Waals surface area contributed by atoms with Gasteiger partial charge in [0, 0.05) is 6.54 Å². The second-order valence-electron chi connectivity index (χ2n) is 7.48. The van der Waals surface area contributed by atoms with Gasteiger partial charge in [-0.1, -0.05) is 19.3 Å². The summed E-state index contributed by atoms with van der Waals surface area (Å²) in [5, 5.41) is 0. The van der Waals surface area contributed by atoms with Crippen LogP contribution in [0.15, 0.2) is 0 Å². The summed E-state index contributed by atoms with van der Waals surface area (Å²) in [5.41, 5.74) is 0.648. The molecule has 2 aliphatic heterocycles. The number of likely N-dealkylation sites (tertiary alicyclic amines) is 1. The molecular formula is C16H29NO2S. The molecule has 0 unspecified atom stereocenters. The lowest BCUT2D eigenvalue weighted by molar-refractivity contribution is 0.155. The van der Waals surface area contributed by atoms with Gasteiger partial charge in [0.1, 0.15) is 0 Å². The van der Waals surface area contributed by atoms with Gasteiger partial charge in [-0.25, -0.2) is 8.42 Å². The van der Waals surface area contributed by atoms with Gasteiger partial charge >= 0.3 is 0 Å². The van der Waals surface area contributed by atoms with Gasteiger partial charge in [0.15, 0.2) is 9.84 Å². The largest absolute Gasteiger partial charge is 0.303 e. The third-order valence-corrected chi connectivity index (χ3v) is 7.73. The minimum absolute atomic E-state index is 0.403. The van der Waals surface area contributed by atoms with Gasteiger partial charge in [0.25, 0.3) is 0 Å². The number of hydrogen-bond donors (Lipinski definition) is 0. The Morgan fingerprint density at radius 1 is 0.950 bits per heavy atom. The minimum Gasteiger partial charge on any atom is -0.303 e. The molecule has 3 rings (SSSR count). The average Bonchev–Trinajstić information content (AvgIpc) is 2.64. The summed E-state index contributed by atoms with van der Waals surface area (Å²) in [7, 11) is -2.71. The van der Waals surface area contributed by atoms with Gasteiger partial charge < -0.3 is 4.90 Å². The van der Waals surface area contributed by atoms with Gasteiger partial charge in [-0.05, 0) is 62.9 Å². The van der Waals surface area contributed by atoms with E-state index in [4.69, 9.17) is 0 Å². The molecule has 116 valence electrons. The second kappa shape index (κ2) is 5.96. The van der Waals surface area contributed by atoms with E-state index in [0.29, 0.717) is 22.8 Å². The fourth-order valence-corrected chi connectivity index (χ4v) is 6.52. The maximum Gasteiger partial charge on any atom is 0.150 e. The molecule has 3 nitrogen and oxygen atoms in total. The molecule has 0 aromatic heterocycles. The molecule has 0 bridgehead atoms. The zero-order chi connectivity index (χ0) is 14.1. The summed E-state index contributed by atoms with van der Waals surface area (Å²) in [6.07, 6.45) is 12.2. The van der Waals surface area contributed by atoms with Crippen molar-refractivity contribution in [1.82, 2.24) is 4.90 Å². The van der Waals surface area contributed by atoms with Crippen LogP contribution in [0.3, 0.4) is 0 Å². The molecule has 2 saturated heterocycles. The van der Waals surface area contributed by atoms with Crippen LogP contribution in [-0.2, 0) is 9.84 Å². The van der Waals surface area contributed by atoms with E-state index in [1.54, 1.807) is 0 Å². The molecule has 0 aromatic carbocycles. The third kappa shape index (κ3) is 3.56. The molecule has 0 N–H and O–H groups in total. The van der Waals surface area contributed by atoms with Gasteiger partial charge in [0.05, 0.1) is 11.5 Å². The maximum atomic E-state index is 11.6. The lowest BCUT2D eigenvalue weighted by atomic mass is 9.69. The Morgan fingerprint density at radius 2 is 1.70 bits per heavy atom. The van der Waals surface area contributed by atoms with Gasteiger partial charge in [-0.2, -0.15) is 0 Å². The van der Waals surface area contributed by atoms with E-state index >= 15 is 0 Å². The van der Waals surface area contributed by atoms with Crippen molar-refractivity contribution in [3.63, 3.8) is 0 Å². The van der Waals surface area contributed by atoms with E-state index in [1.807, 2.05) is 0 Å². The van der Waals surface area contributed by atoms with Gasteiger partial charge in [-0.3, -0.25) is 0 Å². The molecular weight excluding hydrogens is 270 g/mol. The summed E-state index contributed by atoms with van der Waals surface area (Å²) >= 11 is 0. The number of nitrogens with zero attached hydrogens (tertiary/aromatic N) is 1. The Balaban J connectivity index is 1.52. The van der Waals surface area contributed by atoms with Crippen molar-refractivity contribution < 1.29 is 8.42 Å². The molecule has 4 heteroatoms. The highest BCUT2D eigenvalue weighted by Crippen LogP contribution is 2.44. The topological polar surface area (TPSA) is 37.4 Å². The Kier molecular flexibility index (Phi) is 4.42. The van der Waals surface area contributed by atoms with Crippen molar-refractivity contribution in [2.75, 3.05) is 31.1 Å². The molecule has 0 radical (unpaired) electrons. The zero-order valence-electron chi connectivity index (χ0n) is 12.6. The first-order valence-corrected chi connectivity index (χ1v) is 10.3. The first kappa shape index (κ1) is 14.8. The van der Waals surface area contributed by atoms with Crippen LogP contribution in [0.25, 0.3) is 0 Å².